The molecule has 15 heavy (non-hydrogen) atoms. The topological polar surface area (TPSA) is 41.6 Å². The molecule has 4 nitrogen and oxygen atoms in total. The molecule has 0 aromatic rings. The first kappa shape index (κ1) is 12.1. The van der Waals surface area contributed by atoms with Crippen LogP contribution >= 0.6 is 12.2 Å². The Balaban J connectivity index is 2.83. The Morgan fingerprint density at radius 2 is 2.27 bits per heavy atom. The number of nitrogens with zero attached hydrogens (tertiary/aromatic N) is 1. The summed E-state index contributed by atoms with van der Waals surface area (Å²) in [6.45, 7) is 7.36. The zero-order valence-electron chi connectivity index (χ0n) is 9.19. The molecule has 0 bridgehead atoms. The zero-order chi connectivity index (χ0) is 11.6. The van der Waals surface area contributed by atoms with E-state index in [4.69, 9.17) is 17.0 Å². The van der Waals surface area contributed by atoms with Crippen LogP contribution in [0.5, 0.6) is 0 Å². The van der Waals surface area contributed by atoms with E-state index in [-0.39, 0.29) is 24.1 Å². The third-order valence-corrected chi connectivity index (χ3v) is 2.91. The molecule has 84 valence electrons. The molecule has 1 aliphatic heterocycles. The van der Waals surface area contributed by atoms with Gasteiger partial charge in [0.05, 0.1) is 12.1 Å². The Labute approximate surface area is 95.3 Å². The van der Waals surface area contributed by atoms with Gasteiger partial charge in [-0.05, 0) is 26.1 Å². The molecule has 0 radical (unpaired) electrons. The molecule has 1 saturated heterocycles. The predicted octanol–water partition coefficient (Wildman–Crippen LogP) is 0.681. The number of carbonyl (C=O) groups is 1. The van der Waals surface area contributed by atoms with Gasteiger partial charge >= 0.3 is 0 Å². The number of rotatable bonds is 4. The highest BCUT2D eigenvalue weighted by molar-refractivity contribution is 7.80. The van der Waals surface area contributed by atoms with Crippen molar-refractivity contribution in [2.45, 2.75) is 32.0 Å². The lowest BCUT2D eigenvalue weighted by atomic mass is 10.1. The molecule has 1 fully saturated rings. The first-order chi connectivity index (χ1) is 7.02. The minimum Gasteiger partial charge on any atom is -0.379 e. The number of nitrogens with one attached hydrogen (secondary N) is 1. The van der Waals surface area contributed by atoms with Crippen LogP contribution in [-0.4, -0.2) is 41.2 Å². The number of methoxy groups -OCH3 is 1. The van der Waals surface area contributed by atoms with E-state index in [1.165, 1.54) is 4.90 Å². The number of ether oxygens (including phenoxy) is 1. The lowest BCUT2D eigenvalue weighted by molar-refractivity contribution is -0.130. The maximum Gasteiger partial charge on any atom is 0.254 e. The number of hydrogen-bond acceptors (Lipinski definition) is 3. The van der Waals surface area contributed by atoms with Gasteiger partial charge in [-0.1, -0.05) is 6.08 Å². The Bertz CT molecular complexity index is 293. The van der Waals surface area contributed by atoms with Crippen molar-refractivity contribution in [3.63, 3.8) is 0 Å². The highest BCUT2D eigenvalue weighted by Gasteiger charge is 2.40. The second-order valence-corrected chi connectivity index (χ2v) is 3.94. The van der Waals surface area contributed by atoms with Crippen LogP contribution < -0.4 is 5.32 Å². The molecular formula is C10H16N2O2S. The quantitative estimate of drug-likeness (QED) is 0.567. The summed E-state index contributed by atoms with van der Waals surface area (Å²) in [5, 5.41) is 3.40. The van der Waals surface area contributed by atoms with Crippen LogP contribution in [-0.2, 0) is 9.53 Å². The molecule has 3 atom stereocenters. The molecule has 0 aromatic heterocycles. The van der Waals surface area contributed by atoms with E-state index in [1.54, 1.807) is 13.2 Å². The number of hydrogen-bond donors (Lipinski definition) is 1. The minimum absolute atomic E-state index is 0.0539. The molecule has 0 spiro atoms. The van der Waals surface area contributed by atoms with Crippen molar-refractivity contribution >= 4 is 23.2 Å². The fourth-order valence-electron chi connectivity index (χ4n) is 1.46. The molecule has 1 heterocycles. The molecule has 1 aliphatic rings. The zero-order valence-corrected chi connectivity index (χ0v) is 10.0. The second-order valence-electron chi connectivity index (χ2n) is 3.55. The van der Waals surface area contributed by atoms with Crippen molar-refractivity contribution in [1.29, 1.82) is 0 Å². The average Bonchev–Trinajstić information content (AvgIpc) is 2.52. The van der Waals surface area contributed by atoms with E-state index in [0.717, 1.165) is 0 Å². The van der Waals surface area contributed by atoms with Crippen LogP contribution in [0.15, 0.2) is 12.7 Å². The van der Waals surface area contributed by atoms with E-state index in [1.807, 2.05) is 13.8 Å². The van der Waals surface area contributed by atoms with E-state index < -0.39 is 0 Å². The lowest BCUT2D eigenvalue weighted by Gasteiger charge is -2.20. The molecule has 1 N–H and O–H groups in total. The molecule has 1 amide bonds. The summed E-state index contributed by atoms with van der Waals surface area (Å²) in [5.41, 5.74) is 0. The van der Waals surface area contributed by atoms with Gasteiger partial charge in [0.2, 0.25) is 0 Å². The summed E-state index contributed by atoms with van der Waals surface area (Å²) >= 11 is 5.09. The fourth-order valence-corrected chi connectivity index (χ4v) is 1.84. The SMILES string of the molecule is C=CC(C)N1C(=O)[C@H]([C@@H](C)OC)NC1=S. The summed E-state index contributed by atoms with van der Waals surface area (Å²) in [6, 6.07) is -0.476. The van der Waals surface area contributed by atoms with E-state index in [9.17, 15) is 4.79 Å². The lowest BCUT2D eigenvalue weighted by Crippen LogP contribution is -2.41. The number of thiocarbonyl (C=S) groups is 1. The van der Waals surface area contributed by atoms with Gasteiger partial charge in [-0.2, -0.15) is 0 Å². The molecule has 0 saturated carbocycles. The molecular weight excluding hydrogens is 212 g/mol. The highest BCUT2D eigenvalue weighted by atomic mass is 32.1. The Morgan fingerprint density at radius 1 is 1.67 bits per heavy atom. The number of carbonyl (C=O) groups excluding carboxylic acids is 1. The molecule has 1 rings (SSSR count). The smallest absolute Gasteiger partial charge is 0.254 e. The van der Waals surface area contributed by atoms with Crippen LogP contribution in [0.1, 0.15) is 13.8 Å². The van der Waals surface area contributed by atoms with Gasteiger partial charge in [-0.15, -0.1) is 6.58 Å². The highest BCUT2D eigenvalue weighted by Crippen LogP contribution is 2.15. The van der Waals surface area contributed by atoms with Crippen LogP contribution in [0.3, 0.4) is 0 Å². The maximum atomic E-state index is 12.0. The molecule has 1 unspecified atom stereocenters. The molecule has 0 aliphatic carbocycles. The van der Waals surface area contributed by atoms with Crippen LogP contribution in [0, 0.1) is 0 Å². The summed E-state index contributed by atoms with van der Waals surface area (Å²) in [6.07, 6.45) is 1.49. The van der Waals surface area contributed by atoms with Gasteiger partial charge in [0.25, 0.3) is 5.91 Å². The van der Waals surface area contributed by atoms with E-state index >= 15 is 0 Å². The van der Waals surface area contributed by atoms with E-state index in [2.05, 4.69) is 11.9 Å². The summed E-state index contributed by atoms with van der Waals surface area (Å²) in [4.78, 5) is 13.5. The normalized spacial score (nSPS) is 25.0. The van der Waals surface area contributed by atoms with Gasteiger partial charge in [0, 0.05) is 7.11 Å². The van der Waals surface area contributed by atoms with Crippen molar-refractivity contribution in [1.82, 2.24) is 10.2 Å². The Kier molecular flexibility index (Phi) is 3.82. The van der Waals surface area contributed by atoms with Gasteiger partial charge in [0.15, 0.2) is 5.11 Å². The largest absolute Gasteiger partial charge is 0.379 e. The summed E-state index contributed by atoms with van der Waals surface area (Å²) < 4.78 is 5.12. The van der Waals surface area contributed by atoms with Crippen LogP contribution in [0.4, 0.5) is 0 Å². The average molecular weight is 228 g/mol. The summed E-state index contributed by atoms with van der Waals surface area (Å²) in [5.74, 6) is -0.0539. The van der Waals surface area contributed by atoms with Gasteiger partial charge in [0.1, 0.15) is 6.04 Å². The third kappa shape index (κ3) is 2.18. The maximum absolute atomic E-state index is 12.0. The standard InChI is InChI=1S/C10H16N2O2S/c1-5-6(2)12-9(13)8(7(3)14-4)11-10(12)15/h5-8H,1H2,2-4H3,(H,11,15)/t6?,7-,8+/m1/s1. The van der Waals surface area contributed by atoms with Crippen molar-refractivity contribution in [2.75, 3.05) is 7.11 Å². The first-order valence-electron chi connectivity index (χ1n) is 4.81. The number of amides is 1. The van der Waals surface area contributed by atoms with Gasteiger partial charge in [-0.25, -0.2) is 0 Å². The molecule has 0 aromatic carbocycles. The third-order valence-electron chi connectivity index (χ3n) is 2.59. The van der Waals surface area contributed by atoms with Crippen molar-refractivity contribution in [2.24, 2.45) is 0 Å². The fraction of sp³-hybridized carbons (Fsp3) is 0.600. The van der Waals surface area contributed by atoms with Gasteiger partial charge in [-0.3, -0.25) is 9.69 Å². The van der Waals surface area contributed by atoms with Crippen molar-refractivity contribution in [3.8, 4) is 0 Å². The van der Waals surface area contributed by atoms with Crippen molar-refractivity contribution < 1.29 is 9.53 Å². The second kappa shape index (κ2) is 4.72. The predicted molar refractivity (Wildman–Crippen MR) is 62.5 cm³/mol. The first-order valence-corrected chi connectivity index (χ1v) is 5.22. The Hall–Kier alpha value is -0.940. The van der Waals surface area contributed by atoms with Crippen LogP contribution in [0.25, 0.3) is 0 Å². The molecule has 5 heteroatoms. The van der Waals surface area contributed by atoms with Crippen LogP contribution in [0.2, 0.25) is 0 Å². The monoisotopic (exact) mass is 228 g/mol. The summed E-state index contributed by atoms with van der Waals surface area (Å²) in [7, 11) is 1.57. The minimum atomic E-state index is -0.384. The van der Waals surface area contributed by atoms with Gasteiger partial charge < -0.3 is 10.1 Å². The Morgan fingerprint density at radius 3 is 2.73 bits per heavy atom. The van der Waals surface area contributed by atoms with E-state index in [0.29, 0.717) is 5.11 Å². The van der Waals surface area contributed by atoms with Crippen molar-refractivity contribution in [3.05, 3.63) is 12.7 Å².